The van der Waals surface area contributed by atoms with Crippen molar-refractivity contribution in [3.05, 3.63) is 48.3 Å². The van der Waals surface area contributed by atoms with Crippen molar-refractivity contribution in [3.8, 4) is 0 Å². The molecule has 0 fully saturated rings. The van der Waals surface area contributed by atoms with E-state index in [0.29, 0.717) is 6.42 Å². The molecule has 2 rings (SSSR count). The normalized spacial score (nSPS) is 9.61. The zero-order chi connectivity index (χ0) is 12.1. The van der Waals surface area contributed by atoms with Gasteiger partial charge in [-0.1, -0.05) is 0 Å². The maximum absolute atomic E-state index is 8.87. The van der Waals surface area contributed by atoms with Crippen molar-refractivity contribution in [2.45, 2.75) is 6.42 Å². The average Bonchev–Trinajstić information content (AvgIpc) is 2.33. The van der Waals surface area contributed by atoms with Crippen molar-refractivity contribution in [2.24, 2.45) is 0 Å². The molecule has 1 aromatic heterocycles. The summed E-state index contributed by atoms with van der Waals surface area (Å²) in [6.07, 6.45) is 4.12. The van der Waals surface area contributed by atoms with Crippen molar-refractivity contribution < 1.29 is 5.11 Å². The van der Waals surface area contributed by atoms with Crippen LogP contribution in [0.25, 0.3) is 0 Å². The molecule has 0 spiro atoms. The molecule has 96 valence electrons. The summed E-state index contributed by atoms with van der Waals surface area (Å²) < 4.78 is 0. The fourth-order valence-corrected chi connectivity index (χ4v) is 1.55. The lowest BCUT2D eigenvalue weighted by Crippen LogP contribution is -1.96. The smallest absolute Gasteiger partial charge is 0.0573 e. The first-order valence-electron chi connectivity index (χ1n) is 5.45. The Morgan fingerprint density at radius 2 is 1.83 bits per heavy atom. The van der Waals surface area contributed by atoms with Gasteiger partial charge in [0.05, 0.1) is 11.9 Å². The lowest BCUT2D eigenvalue weighted by atomic mass is 10.2. The minimum atomic E-state index is 0. The molecule has 0 radical (unpaired) electrons. The van der Waals surface area contributed by atoms with E-state index in [1.54, 1.807) is 12.4 Å². The molecular weight excluding hydrogens is 228 g/mol. The summed E-state index contributed by atoms with van der Waals surface area (Å²) in [7, 11) is 0. The van der Waals surface area contributed by atoms with E-state index in [2.05, 4.69) is 10.3 Å². The molecule has 18 heavy (non-hydrogen) atoms. The summed E-state index contributed by atoms with van der Waals surface area (Å²) in [6, 6.07) is 9.47. The van der Waals surface area contributed by atoms with Crippen LogP contribution >= 0.6 is 0 Å². The summed E-state index contributed by atoms with van der Waals surface area (Å²) in [6.45, 7) is 0.132. The number of aliphatic hydroxyl groups is 1. The molecule has 0 aliphatic heterocycles. The van der Waals surface area contributed by atoms with E-state index in [-0.39, 0.29) is 12.8 Å². The molecule has 0 bridgehead atoms. The largest absolute Gasteiger partial charge is 0.399 e. The molecule has 1 heterocycles. The Bertz CT molecular complexity index is 485. The Labute approximate surface area is 106 Å². The van der Waals surface area contributed by atoms with Crippen LogP contribution in [0.2, 0.25) is 0 Å². The number of hydrogen-bond acceptors (Lipinski definition) is 5. The van der Waals surface area contributed by atoms with E-state index >= 15 is 0 Å². The highest BCUT2D eigenvalue weighted by atomic mass is 16.2. The fraction of sp³-hybridized carbons (Fsp3) is 0.154. The number of benzene rings is 1. The predicted octanol–water partition coefficient (Wildman–Crippen LogP) is 2.10. The third-order valence-electron chi connectivity index (χ3n) is 2.39. The SMILES string of the molecule is N.Nc1ccc(Nc2cncc(CCO)c2)cc1. The van der Waals surface area contributed by atoms with Gasteiger partial charge < -0.3 is 22.3 Å². The van der Waals surface area contributed by atoms with Crippen LogP contribution in [0, 0.1) is 0 Å². The molecule has 1 aromatic carbocycles. The monoisotopic (exact) mass is 246 g/mol. The molecule has 0 aliphatic rings. The molecule has 5 heteroatoms. The van der Waals surface area contributed by atoms with Gasteiger partial charge in [0, 0.05) is 24.2 Å². The topological polar surface area (TPSA) is 106 Å². The second-order valence-electron chi connectivity index (χ2n) is 3.80. The van der Waals surface area contributed by atoms with Gasteiger partial charge in [0.2, 0.25) is 0 Å². The van der Waals surface area contributed by atoms with Crippen LogP contribution in [-0.4, -0.2) is 16.7 Å². The van der Waals surface area contributed by atoms with Crippen molar-refractivity contribution in [1.29, 1.82) is 0 Å². The van der Waals surface area contributed by atoms with E-state index in [1.807, 2.05) is 30.3 Å². The van der Waals surface area contributed by atoms with Crippen LogP contribution in [-0.2, 0) is 6.42 Å². The molecule has 0 saturated carbocycles. The Morgan fingerprint density at radius 1 is 1.11 bits per heavy atom. The third kappa shape index (κ3) is 3.73. The minimum Gasteiger partial charge on any atom is -0.399 e. The Hall–Kier alpha value is -2.11. The first kappa shape index (κ1) is 14.0. The van der Waals surface area contributed by atoms with Gasteiger partial charge in [-0.2, -0.15) is 0 Å². The quantitative estimate of drug-likeness (QED) is 0.618. The van der Waals surface area contributed by atoms with Crippen LogP contribution in [0.5, 0.6) is 0 Å². The summed E-state index contributed by atoms with van der Waals surface area (Å²) >= 11 is 0. The van der Waals surface area contributed by atoms with Crippen LogP contribution in [0.3, 0.4) is 0 Å². The second kappa shape index (κ2) is 6.58. The molecule has 7 N–H and O–H groups in total. The maximum Gasteiger partial charge on any atom is 0.0573 e. The van der Waals surface area contributed by atoms with E-state index in [0.717, 1.165) is 22.6 Å². The highest BCUT2D eigenvalue weighted by Gasteiger charge is 1.97. The molecule has 0 aliphatic carbocycles. The van der Waals surface area contributed by atoms with Crippen LogP contribution < -0.4 is 17.2 Å². The number of rotatable bonds is 4. The standard InChI is InChI=1S/C13H15N3O.H3N/c14-11-1-3-12(4-2-11)16-13-7-10(5-6-17)8-15-9-13;/h1-4,7-9,16-17H,5-6,14H2;1H3. The number of hydrogen-bond donors (Lipinski definition) is 4. The molecular formula is C13H18N4O. The van der Waals surface area contributed by atoms with Gasteiger partial charge in [-0.3, -0.25) is 4.98 Å². The summed E-state index contributed by atoms with van der Waals surface area (Å²) in [5.41, 5.74) is 9.23. The summed E-state index contributed by atoms with van der Waals surface area (Å²) in [5.74, 6) is 0. The molecule has 0 amide bonds. The summed E-state index contributed by atoms with van der Waals surface area (Å²) in [4.78, 5) is 4.12. The molecule has 0 saturated heterocycles. The highest BCUT2D eigenvalue weighted by Crippen LogP contribution is 2.17. The number of aromatic nitrogens is 1. The van der Waals surface area contributed by atoms with E-state index in [4.69, 9.17) is 10.8 Å². The first-order chi connectivity index (χ1) is 8.28. The maximum atomic E-state index is 8.87. The number of pyridine rings is 1. The number of nitrogens with zero attached hydrogens (tertiary/aromatic N) is 1. The van der Waals surface area contributed by atoms with Crippen molar-refractivity contribution >= 4 is 17.1 Å². The minimum absolute atomic E-state index is 0. The Morgan fingerprint density at radius 3 is 2.50 bits per heavy atom. The van der Waals surface area contributed by atoms with Gasteiger partial charge in [-0.25, -0.2) is 0 Å². The van der Waals surface area contributed by atoms with Crippen LogP contribution in [0.15, 0.2) is 42.7 Å². The van der Waals surface area contributed by atoms with Gasteiger partial charge >= 0.3 is 0 Å². The van der Waals surface area contributed by atoms with Crippen molar-refractivity contribution in [2.75, 3.05) is 17.7 Å². The second-order valence-corrected chi connectivity index (χ2v) is 3.80. The Kier molecular flexibility index (Phi) is 5.10. The van der Waals surface area contributed by atoms with Gasteiger partial charge in [0.1, 0.15) is 0 Å². The molecule has 5 nitrogen and oxygen atoms in total. The lowest BCUT2D eigenvalue weighted by molar-refractivity contribution is 0.299. The molecule has 2 aromatic rings. The number of nitrogens with two attached hydrogens (primary N) is 1. The zero-order valence-corrected chi connectivity index (χ0v) is 10.1. The predicted molar refractivity (Wildman–Crippen MR) is 74.2 cm³/mol. The number of nitrogens with one attached hydrogen (secondary N) is 1. The Balaban J connectivity index is 0.00000162. The van der Waals surface area contributed by atoms with Gasteiger partial charge in [-0.15, -0.1) is 0 Å². The van der Waals surface area contributed by atoms with Gasteiger partial charge in [-0.05, 0) is 42.3 Å². The molecule has 0 atom stereocenters. The third-order valence-corrected chi connectivity index (χ3v) is 2.39. The van der Waals surface area contributed by atoms with E-state index < -0.39 is 0 Å². The number of aliphatic hydroxyl groups excluding tert-OH is 1. The lowest BCUT2D eigenvalue weighted by Gasteiger charge is -2.07. The number of anilines is 3. The number of nitrogen functional groups attached to an aromatic ring is 1. The van der Waals surface area contributed by atoms with Gasteiger partial charge in [0.15, 0.2) is 0 Å². The van der Waals surface area contributed by atoms with Crippen molar-refractivity contribution in [3.63, 3.8) is 0 Å². The van der Waals surface area contributed by atoms with Gasteiger partial charge in [0.25, 0.3) is 0 Å². The summed E-state index contributed by atoms with van der Waals surface area (Å²) in [5, 5.41) is 12.1. The molecule has 0 unspecified atom stereocenters. The fourth-order valence-electron chi connectivity index (χ4n) is 1.55. The zero-order valence-electron chi connectivity index (χ0n) is 10.1. The highest BCUT2D eigenvalue weighted by molar-refractivity contribution is 5.61. The van der Waals surface area contributed by atoms with Crippen LogP contribution in [0.4, 0.5) is 17.1 Å². The van der Waals surface area contributed by atoms with E-state index in [9.17, 15) is 0 Å². The first-order valence-corrected chi connectivity index (χ1v) is 5.45. The average molecular weight is 246 g/mol. The van der Waals surface area contributed by atoms with Crippen LogP contribution in [0.1, 0.15) is 5.56 Å². The van der Waals surface area contributed by atoms with Crippen molar-refractivity contribution in [1.82, 2.24) is 11.1 Å². The van der Waals surface area contributed by atoms with E-state index in [1.165, 1.54) is 0 Å².